The molecule has 4 N–H and O–H groups in total. The van der Waals surface area contributed by atoms with E-state index in [0.717, 1.165) is 16.0 Å². The summed E-state index contributed by atoms with van der Waals surface area (Å²) < 4.78 is 0. The van der Waals surface area contributed by atoms with Crippen molar-refractivity contribution < 1.29 is 19.8 Å². The second kappa shape index (κ2) is 13.2. The first kappa shape index (κ1) is 28.1. The number of aliphatic hydroxyl groups excluding tert-OH is 1. The predicted molar refractivity (Wildman–Crippen MR) is 146 cm³/mol. The number of benzene rings is 2. The number of nitrogens with zero attached hydrogens (tertiary/aromatic N) is 2. The van der Waals surface area contributed by atoms with Crippen molar-refractivity contribution in [3.05, 3.63) is 88.4 Å². The molecule has 0 bridgehead atoms. The van der Waals surface area contributed by atoms with Gasteiger partial charge >= 0.3 is 12.1 Å². The molecule has 1 aromatic heterocycles. The number of aromatic nitrogens is 1. The molecule has 1 heterocycles. The summed E-state index contributed by atoms with van der Waals surface area (Å²) >= 11 is 1.37. The third-order valence-electron chi connectivity index (χ3n) is 5.86. The number of nitrogens with one attached hydrogen (secondary N) is 2. The highest BCUT2D eigenvalue weighted by Gasteiger charge is 2.33. The highest BCUT2D eigenvalue weighted by atomic mass is 32.1. The SMILES string of the molecule is CC(C)(C)NC(=O)NC(Cc1ccccc1)CC(O)C(Cc1ccccc1)N(Cc1cncs1)C(=O)O. The van der Waals surface area contributed by atoms with Crippen LogP contribution in [0, 0.1) is 0 Å². The summed E-state index contributed by atoms with van der Waals surface area (Å²) in [5.74, 6) is 0. The van der Waals surface area contributed by atoms with E-state index >= 15 is 0 Å². The topological polar surface area (TPSA) is 115 Å². The van der Waals surface area contributed by atoms with Gasteiger partial charge in [-0.15, -0.1) is 11.3 Å². The monoisotopic (exact) mass is 524 g/mol. The largest absolute Gasteiger partial charge is 0.465 e. The van der Waals surface area contributed by atoms with Crippen molar-refractivity contribution in [1.82, 2.24) is 20.5 Å². The highest BCUT2D eigenvalue weighted by Crippen LogP contribution is 2.21. The van der Waals surface area contributed by atoms with E-state index in [0.29, 0.717) is 12.8 Å². The molecular weight excluding hydrogens is 488 g/mol. The van der Waals surface area contributed by atoms with Gasteiger partial charge in [-0.05, 0) is 51.2 Å². The zero-order valence-electron chi connectivity index (χ0n) is 21.5. The smallest absolute Gasteiger partial charge is 0.407 e. The van der Waals surface area contributed by atoms with Gasteiger partial charge in [0.05, 0.1) is 24.2 Å². The van der Waals surface area contributed by atoms with Gasteiger partial charge in [-0.2, -0.15) is 0 Å². The second-order valence-electron chi connectivity index (χ2n) is 10.2. The van der Waals surface area contributed by atoms with Crippen LogP contribution < -0.4 is 10.6 Å². The molecule has 198 valence electrons. The summed E-state index contributed by atoms with van der Waals surface area (Å²) in [4.78, 5) is 31.3. The molecule has 3 aromatic rings. The summed E-state index contributed by atoms with van der Waals surface area (Å²) in [6.07, 6.45) is 0.494. The Morgan fingerprint density at radius 1 is 1.00 bits per heavy atom. The molecule has 9 heteroatoms. The number of carbonyl (C=O) groups is 2. The number of urea groups is 1. The molecule has 37 heavy (non-hydrogen) atoms. The average molecular weight is 525 g/mol. The van der Waals surface area contributed by atoms with Crippen molar-refractivity contribution in [2.24, 2.45) is 0 Å². The van der Waals surface area contributed by atoms with Gasteiger partial charge in [0.25, 0.3) is 0 Å². The molecule has 3 unspecified atom stereocenters. The molecule has 2 aromatic carbocycles. The van der Waals surface area contributed by atoms with Crippen LogP contribution in [-0.2, 0) is 19.4 Å². The average Bonchev–Trinajstić information content (AvgIpc) is 3.34. The summed E-state index contributed by atoms with van der Waals surface area (Å²) in [6, 6.07) is 17.8. The molecule has 0 aliphatic rings. The lowest BCUT2D eigenvalue weighted by molar-refractivity contribution is 0.0350. The summed E-state index contributed by atoms with van der Waals surface area (Å²) in [6.45, 7) is 5.81. The predicted octanol–water partition coefficient (Wildman–Crippen LogP) is 4.69. The van der Waals surface area contributed by atoms with Crippen molar-refractivity contribution in [3.8, 4) is 0 Å². The van der Waals surface area contributed by atoms with Crippen LogP contribution in [0.4, 0.5) is 9.59 Å². The van der Waals surface area contributed by atoms with Crippen LogP contribution in [0.5, 0.6) is 0 Å². The first-order valence-corrected chi connectivity index (χ1v) is 13.2. The van der Waals surface area contributed by atoms with Gasteiger partial charge in [0.2, 0.25) is 0 Å². The van der Waals surface area contributed by atoms with Crippen LogP contribution in [0.25, 0.3) is 0 Å². The van der Waals surface area contributed by atoms with Crippen LogP contribution in [0.15, 0.2) is 72.4 Å². The number of hydrogen-bond acceptors (Lipinski definition) is 5. The van der Waals surface area contributed by atoms with Gasteiger partial charge in [0.15, 0.2) is 0 Å². The molecule has 0 saturated heterocycles. The molecule has 0 aliphatic heterocycles. The summed E-state index contributed by atoms with van der Waals surface area (Å²) in [5.41, 5.74) is 3.16. The van der Waals surface area contributed by atoms with Crippen molar-refractivity contribution >= 4 is 23.5 Å². The second-order valence-corrected chi connectivity index (χ2v) is 11.1. The third kappa shape index (κ3) is 9.51. The molecule has 3 rings (SSSR count). The van der Waals surface area contributed by atoms with E-state index in [1.807, 2.05) is 81.4 Å². The molecule has 8 nitrogen and oxygen atoms in total. The fourth-order valence-corrected chi connectivity index (χ4v) is 4.82. The van der Waals surface area contributed by atoms with Crippen LogP contribution in [-0.4, -0.2) is 55.9 Å². The van der Waals surface area contributed by atoms with Gasteiger partial charge < -0.3 is 20.8 Å². The zero-order chi connectivity index (χ0) is 26.8. The van der Waals surface area contributed by atoms with Gasteiger partial charge in [0, 0.05) is 22.7 Å². The molecule has 0 spiro atoms. The Morgan fingerprint density at radius 3 is 2.11 bits per heavy atom. The lowest BCUT2D eigenvalue weighted by Crippen LogP contribution is -2.53. The minimum atomic E-state index is -1.12. The minimum Gasteiger partial charge on any atom is -0.465 e. The van der Waals surface area contributed by atoms with Crippen molar-refractivity contribution in [3.63, 3.8) is 0 Å². The Morgan fingerprint density at radius 2 is 1.59 bits per heavy atom. The number of amides is 3. The maximum absolute atomic E-state index is 12.7. The lowest BCUT2D eigenvalue weighted by Gasteiger charge is -2.35. The molecule has 0 saturated carbocycles. The van der Waals surface area contributed by atoms with Crippen LogP contribution in [0.2, 0.25) is 0 Å². The Kier molecular flexibility index (Phi) is 10.0. The quantitative estimate of drug-likeness (QED) is 0.290. The summed E-state index contributed by atoms with van der Waals surface area (Å²) in [5, 5.41) is 27.6. The van der Waals surface area contributed by atoms with E-state index in [9.17, 15) is 19.8 Å². The van der Waals surface area contributed by atoms with Crippen molar-refractivity contribution in [2.45, 2.75) is 70.3 Å². The van der Waals surface area contributed by atoms with E-state index in [2.05, 4.69) is 15.6 Å². The van der Waals surface area contributed by atoms with Gasteiger partial charge in [0.1, 0.15) is 0 Å². The maximum atomic E-state index is 12.7. The van der Waals surface area contributed by atoms with E-state index in [1.54, 1.807) is 11.7 Å². The fourth-order valence-electron chi connectivity index (χ4n) is 4.23. The number of carboxylic acid groups (broad SMARTS) is 1. The number of aliphatic hydroxyl groups is 1. The molecular formula is C28H36N4O4S. The Labute approximate surface area is 222 Å². The molecule has 0 aliphatic carbocycles. The first-order valence-electron chi connectivity index (χ1n) is 12.3. The fraction of sp³-hybridized carbons (Fsp3) is 0.393. The number of carbonyl (C=O) groups excluding carboxylic acids is 1. The lowest BCUT2D eigenvalue weighted by atomic mass is 9.92. The Balaban J connectivity index is 1.86. The number of thiazole rings is 1. The van der Waals surface area contributed by atoms with Gasteiger partial charge in [-0.1, -0.05) is 60.7 Å². The Bertz CT molecular complexity index is 1100. The minimum absolute atomic E-state index is 0.121. The van der Waals surface area contributed by atoms with E-state index in [-0.39, 0.29) is 19.0 Å². The summed E-state index contributed by atoms with van der Waals surface area (Å²) in [7, 11) is 0. The Hall–Kier alpha value is -3.43. The highest BCUT2D eigenvalue weighted by molar-refractivity contribution is 7.09. The number of hydrogen-bond donors (Lipinski definition) is 4. The van der Waals surface area contributed by atoms with E-state index in [1.165, 1.54) is 16.2 Å². The molecule has 3 amide bonds. The molecule has 0 fully saturated rings. The van der Waals surface area contributed by atoms with Crippen LogP contribution in [0.1, 0.15) is 43.2 Å². The maximum Gasteiger partial charge on any atom is 0.407 e. The van der Waals surface area contributed by atoms with Gasteiger partial charge in [-0.25, -0.2) is 9.59 Å². The van der Waals surface area contributed by atoms with Crippen molar-refractivity contribution in [1.29, 1.82) is 0 Å². The zero-order valence-corrected chi connectivity index (χ0v) is 22.3. The van der Waals surface area contributed by atoms with E-state index < -0.39 is 29.8 Å². The molecule has 0 radical (unpaired) electrons. The van der Waals surface area contributed by atoms with Crippen molar-refractivity contribution in [2.75, 3.05) is 0 Å². The van der Waals surface area contributed by atoms with Gasteiger partial charge in [-0.3, -0.25) is 9.88 Å². The van der Waals surface area contributed by atoms with Crippen LogP contribution in [0.3, 0.4) is 0 Å². The first-order chi connectivity index (χ1) is 17.6. The van der Waals surface area contributed by atoms with E-state index in [4.69, 9.17) is 0 Å². The normalized spacial score (nSPS) is 13.8. The number of rotatable bonds is 11. The molecule has 3 atom stereocenters. The standard InChI is InChI=1S/C28H36N4O4S/c1-28(2,3)31-26(34)30-22(14-20-10-6-4-7-11-20)16-25(33)24(15-21-12-8-5-9-13-21)32(27(35)36)18-23-17-29-19-37-23/h4-13,17,19,22,24-25,33H,14-16,18H2,1-3H3,(H,35,36)(H2,30,31,34). The third-order valence-corrected chi connectivity index (χ3v) is 6.63. The van der Waals surface area contributed by atoms with Crippen LogP contribution >= 0.6 is 11.3 Å².